The van der Waals surface area contributed by atoms with Gasteiger partial charge >= 0.3 is 0 Å². The van der Waals surface area contributed by atoms with Gasteiger partial charge < -0.3 is 10.2 Å². The van der Waals surface area contributed by atoms with Gasteiger partial charge in [-0.25, -0.2) is 0 Å². The van der Waals surface area contributed by atoms with E-state index in [2.05, 4.69) is 36.5 Å². The van der Waals surface area contributed by atoms with Crippen molar-refractivity contribution < 1.29 is 9.59 Å². The number of para-hydroxylation sites is 1. The van der Waals surface area contributed by atoms with Gasteiger partial charge in [0.2, 0.25) is 11.8 Å². The number of anilines is 1. The van der Waals surface area contributed by atoms with Gasteiger partial charge in [-0.3, -0.25) is 9.59 Å². The molecule has 0 aliphatic carbocycles. The minimum atomic E-state index is -0.142. The van der Waals surface area contributed by atoms with Crippen LogP contribution in [0, 0.1) is 12.8 Å². The minimum Gasteiger partial charge on any atom is -0.339 e. The zero-order chi connectivity index (χ0) is 18.7. The van der Waals surface area contributed by atoms with Crippen molar-refractivity contribution in [1.82, 2.24) is 4.90 Å². The lowest BCUT2D eigenvalue weighted by Gasteiger charge is -2.28. The second kappa shape index (κ2) is 7.73. The van der Waals surface area contributed by atoms with E-state index in [4.69, 9.17) is 0 Å². The first-order valence-electron chi connectivity index (χ1n) is 9.16. The van der Waals surface area contributed by atoms with E-state index in [1.54, 1.807) is 4.90 Å². The maximum absolute atomic E-state index is 12.6. The second-order valence-corrected chi connectivity index (χ2v) is 7.18. The zero-order valence-corrected chi connectivity index (χ0v) is 15.7. The Labute approximate surface area is 155 Å². The molecule has 26 heavy (non-hydrogen) atoms. The summed E-state index contributed by atoms with van der Waals surface area (Å²) in [7, 11) is 1.84. The summed E-state index contributed by atoms with van der Waals surface area (Å²) in [5, 5.41) is 2.95. The fourth-order valence-corrected chi connectivity index (χ4v) is 3.40. The standard InChI is InChI=1S/C22H26N2O2/c1-15-8-10-17(11-9-15)16(2)24(3)21(25)13-12-19-14-18-6-4-5-7-20(18)23-22(19)26/h4-11,16,19H,12-14H2,1-3H3,(H,23,26). The smallest absolute Gasteiger partial charge is 0.227 e. The molecule has 3 rings (SSSR count). The Morgan fingerprint density at radius 2 is 1.88 bits per heavy atom. The Bertz CT molecular complexity index is 798. The highest BCUT2D eigenvalue weighted by Crippen LogP contribution is 2.28. The molecule has 0 saturated heterocycles. The Morgan fingerprint density at radius 3 is 2.62 bits per heavy atom. The molecule has 136 valence electrons. The van der Waals surface area contributed by atoms with Crippen molar-refractivity contribution in [3.8, 4) is 0 Å². The van der Waals surface area contributed by atoms with Crippen LogP contribution in [-0.4, -0.2) is 23.8 Å². The maximum atomic E-state index is 12.6. The molecule has 1 N–H and O–H groups in total. The summed E-state index contributed by atoms with van der Waals surface area (Å²) in [6.45, 7) is 4.09. The molecule has 0 aromatic heterocycles. The highest BCUT2D eigenvalue weighted by Gasteiger charge is 2.27. The molecule has 1 aliphatic rings. The third-order valence-corrected chi connectivity index (χ3v) is 5.35. The molecule has 0 bridgehead atoms. The zero-order valence-electron chi connectivity index (χ0n) is 15.7. The van der Waals surface area contributed by atoms with E-state index < -0.39 is 0 Å². The van der Waals surface area contributed by atoms with Crippen molar-refractivity contribution in [3.63, 3.8) is 0 Å². The van der Waals surface area contributed by atoms with Crippen molar-refractivity contribution in [1.29, 1.82) is 0 Å². The molecule has 0 saturated carbocycles. The van der Waals surface area contributed by atoms with Crippen molar-refractivity contribution in [2.24, 2.45) is 5.92 Å². The topological polar surface area (TPSA) is 49.4 Å². The van der Waals surface area contributed by atoms with Crippen LogP contribution in [0.4, 0.5) is 5.69 Å². The van der Waals surface area contributed by atoms with Gasteiger partial charge in [-0.1, -0.05) is 48.0 Å². The van der Waals surface area contributed by atoms with Gasteiger partial charge in [-0.15, -0.1) is 0 Å². The number of rotatable bonds is 5. The lowest BCUT2D eigenvalue weighted by molar-refractivity contribution is -0.132. The molecule has 2 aromatic carbocycles. The minimum absolute atomic E-state index is 0.0176. The highest BCUT2D eigenvalue weighted by atomic mass is 16.2. The number of fused-ring (bicyclic) bond motifs is 1. The van der Waals surface area contributed by atoms with Crippen LogP contribution >= 0.6 is 0 Å². The Balaban J connectivity index is 1.58. The molecule has 2 amide bonds. The normalized spacial score (nSPS) is 17.2. The van der Waals surface area contributed by atoms with Gasteiger partial charge in [-0.2, -0.15) is 0 Å². The van der Waals surface area contributed by atoms with Crippen LogP contribution in [0.5, 0.6) is 0 Å². The molecule has 1 aliphatic heterocycles. The van der Waals surface area contributed by atoms with E-state index in [1.165, 1.54) is 5.56 Å². The van der Waals surface area contributed by atoms with E-state index in [-0.39, 0.29) is 23.8 Å². The second-order valence-electron chi connectivity index (χ2n) is 7.18. The quantitative estimate of drug-likeness (QED) is 0.882. The summed E-state index contributed by atoms with van der Waals surface area (Å²) in [6.07, 6.45) is 1.66. The van der Waals surface area contributed by atoms with Crippen LogP contribution in [0.1, 0.15) is 42.5 Å². The van der Waals surface area contributed by atoms with Crippen molar-refractivity contribution >= 4 is 17.5 Å². The van der Waals surface area contributed by atoms with Gasteiger partial charge in [0.05, 0.1) is 6.04 Å². The monoisotopic (exact) mass is 350 g/mol. The molecular formula is C22H26N2O2. The van der Waals surface area contributed by atoms with Gasteiger partial charge in [0.25, 0.3) is 0 Å². The predicted octanol–water partition coefficient (Wildman–Crippen LogP) is 4.11. The third kappa shape index (κ3) is 3.96. The van der Waals surface area contributed by atoms with Gasteiger partial charge in [0, 0.05) is 25.1 Å². The SMILES string of the molecule is Cc1ccc(C(C)N(C)C(=O)CCC2Cc3ccccc3NC2=O)cc1. The average molecular weight is 350 g/mol. The van der Waals surface area contributed by atoms with Gasteiger partial charge in [0.15, 0.2) is 0 Å². The maximum Gasteiger partial charge on any atom is 0.227 e. The number of carbonyl (C=O) groups excluding carboxylic acids is 2. The number of benzene rings is 2. The van der Waals surface area contributed by atoms with Crippen LogP contribution in [0.3, 0.4) is 0 Å². The first-order valence-corrected chi connectivity index (χ1v) is 9.16. The fraction of sp³-hybridized carbons (Fsp3) is 0.364. The van der Waals surface area contributed by atoms with Crippen molar-refractivity contribution in [2.75, 3.05) is 12.4 Å². The van der Waals surface area contributed by atoms with E-state index in [9.17, 15) is 9.59 Å². The molecule has 2 atom stereocenters. The summed E-state index contributed by atoms with van der Waals surface area (Å²) in [5.41, 5.74) is 4.37. The summed E-state index contributed by atoms with van der Waals surface area (Å²) in [5.74, 6) is -0.0487. The molecule has 4 heteroatoms. The fourth-order valence-electron chi connectivity index (χ4n) is 3.40. The lowest BCUT2D eigenvalue weighted by Crippen LogP contribution is -2.33. The number of aryl methyl sites for hydroxylation is 1. The number of hydrogen-bond acceptors (Lipinski definition) is 2. The summed E-state index contributed by atoms with van der Waals surface area (Å²) in [4.78, 5) is 26.7. The lowest BCUT2D eigenvalue weighted by atomic mass is 9.89. The Kier molecular flexibility index (Phi) is 5.40. The summed E-state index contributed by atoms with van der Waals surface area (Å²) in [6, 6.07) is 16.1. The molecule has 0 spiro atoms. The number of hydrogen-bond donors (Lipinski definition) is 1. The first kappa shape index (κ1) is 18.2. The molecule has 2 aromatic rings. The van der Waals surface area contributed by atoms with Crippen LogP contribution in [0.15, 0.2) is 48.5 Å². The van der Waals surface area contributed by atoms with Crippen molar-refractivity contribution in [2.45, 2.75) is 39.2 Å². The highest BCUT2D eigenvalue weighted by molar-refractivity contribution is 5.96. The van der Waals surface area contributed by atoms with Crippen LogP contribution in [0.2, 0.25) is 0 Å². The van der Waals surface area contributed by atoms with Crippen LogP contribution in [0.25, 0.3) is 0 Å². The van der Waals surface area contributed by atoms with Crippen molar-refractivity contribution in [3.05, 3.63) is 65.2 Å². The molecule has 1 heterocycles. The number of amides is 2. The van der Waals surface area contributed by atoms with Crippen LogP contribution in [-0.2, 0) is 16.0 Å². The molecular weight excluding hydrogens is 324 g/mol. The van der Waals surface area contributed by atoms with Gasteiger partial charge in [0.1, 0.15) is 0 Å². The predicted molar refractivity (Wildman–Crippen MR) is 104 cm³/mol. The first-order chi connectivity index (χ1) is 12.5. The van der Waals surface area contributed by atoms with E-state index in [1.807, 2.05) is 38.2 Å². The summed E-state index contributed by atoms with van der Waals surface area (Å²) < 4.78 is 0. The average Bonchev–Trinajstić information content (AvgIpc) is 2.65. The molecule has 2 unspecified atom stereocenters. The third-order valence-electron chi connectivity index (χ3n) is 5.35. The largest absolute Gasteiger partial charge is 0.339 e. The van der Waals surface area contributed by atoms with E-state index in [0.29, 0.717) is 19.3 Å². The number of carbonyl (C=O) groups is 2. The summed E-state index contributed by atoms with van der Waals surface area (Å²) >= 11 is 0. The molecule has 0 radical (unpaired) electrons. The number of nitrogens with zero attached hydrogens (tertiary/aromatic N) is 1. The molecule has 4 nitrogen and oxygen atoms in total. The van der Waals surface area contributed by atoms with Gasteiger partial charge in [-0.05, 0) is 43.9 Å². The molecule has 0 fully saturated rings. The van der Waals surface area contributed by atoms with E-state index >= 15 is 0 Å². The Hall–Kier alpha value is -2.62. The Morgan fingerprint density at radius 1 is 1.19 bits per heavy atom. The number of nitrogens with one attached hydrogen (secondary N) is 1. The van der Waals surface area contributed by atoms with Crippen LogP contribution < -0.4 is 5.32 Å². The van der Waals surface area contributed by atoms with E-state index in [0.717, 1.165) is 16.8 Å².